The fourth-order valence-corrected chi connectivity index (χ4v) is 3.72. The van der Waals surface area contributed by atoms with Gasteiger partial charge < -0.3 is 9.30 Å². The Labute approximate surface area is 206 Å². The fourth-order valence-electron chi connectivity index (χ4n) is 3.72. The van der Waals surface area contributed by atoms with Crippen LogP contribution in [0.25, 0.3) is 5.69 Å². The van der Waals surface area contributed by atoms with Crippen LogP contribution in [-0.2, 0) is 6.54 Å². The molecule has 4 aromatic rings. The Hall–Kier alpha value is -4.73. The van der Waals surface area contributed by atoms with Crippen molar-refractivity contribution >= 4 is 11.8 Å². The molecule has 0 aliphatic rings. The maximum Gasteiger partial charge on any atom is 0.290 e. The van der Waals surface area contributed by atoms with E-state index in [0.29, 0.717) is 22.7 Å². The van der Waals surface area contributed by atoms with Crippen molar-refractivity contribution < 1.29 is 18.7 Å². The first kappa shape index (κ1) is 24.4. The van der Waals surface area contributed by atoms with Gasteiger partial charge in [-0.3, -0.25) is 25.2 Å². The van der Waals surface area contributed by atoms with Crippen molar-refractivity contribution in [1.29, 1.82) is 0 Å². The van der Waals surface area contributed by atoms with E-state index in [1.54, 1.807) is 37.3 Å². The molecule has 0 spiro atoms. The Bertz CT molecular complexity index is 1450. The van der Waals surface area contributed by atoms with Crippen molar-refractivity contribution in [3.63, 3.8) is 0 Å². The molecule has 10 heteroatoms. The predicted molar refractivity (Wildman–Crippen MR) is 131 cm³/mol. The molecule has 2 amide bonds. The molecular weight excluding hydrogens is 465 g/mol. The minimum Gasteiger partial charge on any atom is -0.492 e. The molecule has 0 unspecified atom stereocenters. The maximum absolute atomic E-state index is 13.3. The highest BCUT2D eigenvalue weighted by molar-refractivity contribution is 5.99. The Morgan fingerprint density at radius 2 is 1.64 bits per heavy atom. The van der Waals surface area contributed by atoms with Gasteiger partial charge in [0.2, 0.25) is 0 Å². The van der Waals surface area contributed by atoms with E-state index in [2.05, 4.69) is 16.0 Å². The number of hydrazine groups is 1. The summed E-state index contributed by atoms with van der Waals surface area (Å²) in [6, 6.07) is 19.2. The molecule has 0 bridgehead atoms. The molecule has 0 saturated heterocycles. The first-order valence-electron chi connectivity index (χ1n) is 11.1. The molecule has 0 aliphatic carbocycles. The molecule has 4 rings (SSSR count). The van der Waals surface area contributed by atoms with Crippen molar-refractivity contribution in [3.8, 4) is 11.4 Å². The molecule has 0 saturated carbocycles. The monoisotopic (exact) mass is 489 g/mol. The Morgan fingerprint density at radius 3 is 2.36 bits per heavy atom. The summed E-state index contributed by atoms with van der Waals surface area (Å²) < 4.78 is 21.8. The van der Waals surface area contributed by atoms with Gasteiger partial charge in [0.25, 0.3) is 17.4 Å². The molecule has 2 aromatic carbocycles. The second-order valence-corrected chi connectivity index (χ2v) is 7.95. The summed E-state index contributed by atoms with van der Waals surface area (Å²) >= 11 is 0. The molecule has 2 heterocycles. The number of amides is 2. The van der Waals surface area contributed by atoms with E-state index in [1.165, 1.54) is 24.3 Å². The van der Waals surface area contributed by atoms with E-state index in [0.717, 1.165) is 10.4 Å². The SMILES string of the molecule is Cc1cc(C(=O)NNC(=O)c2ccc(=O)n(CCOc3ccccc3)n2)c(C)n1-c1ccc(F)cc1. The molecule has 0 radical (unpaired) electrons. The molecule has 2 aromatic heterocycles. The highest BCUT2D eigenvalue weighted by atomic mass is 19.1. The number of para-hydroxylation sites is 1. The van der Waals surface area contributed by atoms with E-state index in [1.807, 2.05) is 29.7 Å². The number of carbonyl (C=O) groups excluding carboxylic acids is 2. The lowest BCUT2D eigenvalue weighted by molar-refractivity contribution is 0.0842. The third kappa shape index (κ3) is 5.49. The summed E-state index contributed by atoms with van der Waals surface area (Å²) in [5, 5.41) is 4.06. The lowest BCUT2D eigenvalue weighted by Gasteiger charge is -2.11. The average Bonchev–Trinajstić information content (AvgIpc) is 3.18. The van der Waals surface area contributed by atoms with Crippen LogP contribution in [0.2, 0.25) is 0 Å². The van der Waals surface area contributed by atoms with Gasteiger partial charge in [-0.15, -0.1) is 0 Å². The molecule has 0 aliphatic heterocycles. The Kier molecular flexibility index (Phi) is 7.24. The fraction of sp³-hybridized carbons (Fsp3) is 0.154. The molecule has 2 N–H and O–H groups in total. The van der Waals surface area contributed by atoms with Gasteiger partial charge in [-0.25, -0.2) is 9.07 Å². The number of aromatic nitrogens is 3. The number of nitrogens with zero attached hydrogens (tertiary/aromatic N) is 3. The summed E-state index contributed by atoms with van der Waals surface area (Å²) in [5.74, 6) is -0.922. The zero-order chi connectivity index (χ0) is 25.7. The van der Waals surface area contributed by atoms with Gasteiger partial charge in [-0.2, -0.15) is 5.10 Å². The maximum atomic E-state index is 13.3. The molecule has 0 atom stereocenters. The lowest BCUT2D eigenvalue weighted by atomic mass is 10.2. The van der Waals surface area contributed by atoms with Crippen LogP contribution in [0, 0.1) is 19.7 Å². The highest BCUT2D eigenvalue weighted by Crippen LogP contribution is 2.21. The minimum atomic E-state index is -0.687. The van der Waals surface area contributed by atoms with Crippen LogP contribution in [0.15, 0.2) is 77.6 Å². The highest BCUT2D eigenvalue weighted by Gasteiger charge is 2.18. The average molecular weight is 490 g/mol. The number of halogens is 1. The number of rotatable bonds is 7. The van der Waals surface area contributed by atoms with E-state index in [4.69, 9.17) is 4.74 Å². The number of carbonyl (C=O) groups is 2. The minimum absolute atomic E-state index is 0.0496. The van der Waals surface area contributed by atoms with Crippen molar-refractivity contribution in [3.05, 3.63) is 112 Å². The molecule has 0 fully saturated rings. The van der Waals surface area contributed by atoms with Crippen molar-refractivity contribution in [2.75, 3.05) is 6.61 Å². The first-order chi connectivity index (χ1) is 17.3. The molecular formula is C26H24FN5O4. The standard InChI is InChI=1S/C26H24FN5O4/c1-17-16-22(18(2)32(17)20-10-8-19(27)9-11-20)25(34)28-29-26(35)23-12-13-24(33)31(30-23)14-15-36-21-6-4-3-5-7-21/h3-13,16H,14-15H2,1-2H3,(H,28,34)(H,29,35). The molecule has 36 heavy (non-hydrogen) atoms. The van der Waals surface area contributed by atoms with Crippen LogP contribution in [-0.4, -0.2) is 32.8 Å². The first-order valence-corrected chi connectivity index (χ1v) is 11.1. The van der Waals surface area contributed by atoms with Crippen molar-refractivity contribution in [1.82, 2.24) is 25.2 Å². The van der Waals surface area contributed by atoms with Gasteiger partial charge in [0.1, 0.15) is 18.2 Å². The zero-order valence-electron chi connectivity index (χ0n) is 19.7. The Morgan fingerprint density at radius 1 is 0.944 bits per heavy atom. The number of nitrogens with one attached hydrogen (secondary N) is 2. The summed E-state index contributed by atoms with van der Waals surface area (Å²) in [5.41, 5.74) is 6.69. The normalized spacial score (nSPS) is 10.6. The van der Waals surface area contributed by atoms with E-state index in [-0.39, 0.29) is 30.2 Å². The van der Waals surface area contributed by atoms with Gasteiger partial charge in [0.15, 0.2) is 5.69 Å². The van der Waals surface area contributed by atoms with E-state index < -0.39 is 11.8 Å². The van der Waals surface area contributed by atoms with Gasteiger partial charge in [-0.1, -0.05) is 18.2 Å². The molecule has 184 valence electrons. The lowest BCUT2D eigenvalue weighted by Crippen LogP contribution is -2.42. The van der Waals surface area contributed by atoms with Crippen molar-refractivity contribution in [2.24, 2.45) is 0 Å². The predicted octanol–water partition coefficient (Wildman–Crippen LogP) is 2.94. The number of ether oxygens (including phenoxy) is 1. The van der Waals surface area contributed by atoms with Gasteiger partial charge in [0.05, 0.1) is 12.1 Å². The second-order valence-electron chi connectivity index (χ2n) is 7.95. The smallest absolute Gasteiger partial charge is 0.290 e. The largest absolute Gasteiger partial charge is 0.492 e. The number of aryl methyl sites for hydroxylation is 1. The van der Waals surface area contributed by atoms with Crippen LogP contribution in [0.1, 0.15) is 32.2 Å². The molecule has 9 nitrogen and oxygen atoms in total. The van der Waals surface area contributed by atoms with Gasteiger partial charge >= 0.3 is 0 Å². The summed E-state index contributed by atoms with van der Waals surface area (Å²) in [4.78, 5) is 37.4. The number of benzene rings is 2. The number of hydrogen-bond acceptors (Lipinski definition) is 5. The summed E-state index contributed by atoms with van der Waals surface area (Å²) in [6.45, 7) is 3.89. The summed E-state index contributed by atoms with van der Waals surface area (Å²) in [6.07, 6.45) is 0. The van der Waals surface area contributed by atoms with Crippen molar-refractivity contribution in [2.45, 2.75) is 20.4 Å². The van der Waals surface area contributed by atoms with Crippen LogP contribution in [0.5, 0.6) is 5.75 Å². The van der Waals surface area contributed by atoms with Crippen LogP contribution in [0.3, 0.4) is 0 Å². The zero-order valence-corrected chi connectivity index (χ0v) is 19.7. The Balaban J connectivity index is 1.40. The van der Waals surface area contributed by atoms with Crippen LogP contribution >= 0.6 is 0 Å². The van der Waals surface area contributed by atoms with E-state index in [9.17, 15) is 18.8 Å². The number of hydrogen-bond donors (Lipinski definition) is 2. The third-order valence-corrected chi connectivity index (χ3v) is 5.46. The van der Waals surface area contributed by atoms with Crippen LogP contribution < -0.4 is 21.1 Å². The topological polar surface area (TPSA) is 107 Å². The second kappa shape index (κ2) is 10.7. The summed E-state index contributed by atoms with van der Waals surface area (Å²) in [7, 11) is 0. The van der Waals surface area contributed by atoms with Gasteiger partial charge in [-0.05, 0) is 62.4 Å². The van der Waals surface area contributed by atoms with Crippen LogP contribution in [0.4, 0.5) is 4.39 Å². The third-order valence-electron chi connectivity index (χ3n) is 5.46. The quantitative estimate of drug-likeness (QED) is 0.388. The van der Waals surface area contributed by atoms with E-state index >= 15 is 0 Å². The van der Waals surface area contributed by atoms with Gasteiger partial charge in [0, 0.05) is 23.1 Å².